The summed E-state index contributed by atoms with van der Waals surface area (Å²) in [6.45, 7) is 5.85. The molecule has 3 aromatic rings. The van der Waals surface area contributed by atoms with Crippen LogP contribution in [0.4, 0.5) is 11.4 Å². The number of aryl methyl sites for hydroxylation is 1. The van der Waals surface area contributed by atoms with Crippen molar-refractivity contribution in [2.45, 2.75) is 30.9 Å². The highest BCUT2D eigenvalue weighted by atomic mass is 35.5. The average molecular weight is 473 g/mol. The molecule has 2 amide bonds. The van der Waals surface area contributed by atoms with Crippen molar-refractivity contribution < 1.29 is 9.59 Å². The molecule has 0 bridgehead atoms. The molecule has 0 fully saturated rings. The van der Waals surface area contributed by atoms with Gasteiger partial charge in [0.2, 0.25) is 5.91 Å². The van der Waals surface area contributed by atoms with Crippen LogP contribution < -0.4 is 10.6 Å². The van der Waals surface area contributed by atoms with E-state index in [-0.39, 0.29) is 22.1 Å². The van der Waals surface area contributed by atoms with Crippen molar-refractivity contribution in [2.75, 3.05) is 10.6 Å². The third-order valence-corrected chi connectivity index (χ3v) is 6.45. The number of carbonyl (C=O) groups is 2. The Balaban J connectivity index is 1.66. The fraction of sp³-hybridized carbons (Fsp3) is 0.167. The van der Waals surface area contributed by atoms with Crippen LogP contribution in [0.25, 0.3) is 0 Å². The first-order chi connectivity index (χ1) is 14.7. The van der Waals surface area contributed by atoms with E-state index in [0.717, 1.165) is 21.7 Å². The van der Waals surface area contributed by atoms with Crippen molar-refractivity contribution in [3.63, 3.8) is 0 Å². The molecule has 0 spiro atoms. The predicted octanol–water partition coefficient (Wildman–Crippen LogP) is 6.98. The molecule has 3 rings (SSSR count). The van der Waals surface area contributed by atoms with Crippen LogP contribution >= 0.6 is 35.0 Å². The normalized spacial score (nSPS) is 11.6. The predicted molar refractivity (Wildman–Crippen MR) is 131 cm³/mol. The monoisotopic (exact) mass is 472 g/mol. The smallest absolute Gasteiger partial charge is 0.257 e. The molecule has 0 aliphatic heterocycles. The van der Waals surface area contributed by atoms with Crippen LogP contribution in [0.3, 0.4) is 0 Å². The van der Waals surface area contributed by atoms with E-state index in [2.05, 4.69) is 10.6 Å². The lowest BCUT2D eigenvalue weighted by Crippen LogP contribution is -2.23. The molecule has 1 unspecified atom stereocenters. The van der Waals surface area contributed by atoms with Crippen LogP contribution in [0, 0.1) is 13.8 Å². The lowest BCUT2D eigenvalue weighted by Gasteiger charge is -2.15. The van der Waals surface area contributed by atoms with Crippen molar-refractivity contribution in [3.8, 4) is 0 Å². The first-order valence-corrected chi connectivity index (χ1v) is 11.3. The standard InChI is InChI=1S/C24H22Cl2N2O2S/c1-14-6-4-9-22(15(14)2)28-23(29)16(3)31-19-8-5-7-18(13-19)27-24(30)20-11-10-17(25)12-21(20)26/h4-13,16H,1-3H3,(H,27,30)(H,28,29). The van der Waals surface area contributed by atoms with Gasteiger partial charge in [0.1, 0.15) is 0 Å². The molecule has 0 radical (unpaired) electrons. The summed E-state index contributed by atoms with van der Waals surface area (Å²) >= 11 is 13.4. The van der Waals surface area contributed by atoms with Crippen molar-refractivity contribution >= 4 is 58.2 Å². The summed E-state index contributed by atoms with van der Waals surface area (Å²) in [5.41, 5.74) is 3.95. The lowest BCUT2D eigenvalue weighted by atomic mass is 10.1. The fourth-order valence-electron chi connectivity index (χ4n) is 2.90. The van der Waals surface area contributed by atoms with Gasteiger partial charge in [0.05, 0.1) is 15.8 Å². The zero-order chi connectivity index (χ0) is 22.5. The molecule has 2 N–H and O–H groups in total. The van der Waals surface area contributed by atoms with Gasteiger partial charge in [-0.15, -0.1) is 11.8 Å². The number of carbonyl (C=O) groups excluding carboxylic acids is 2. The van der Waals surface area contributed by atoms with Crippen molar-refractivity contribution in [1.82, 2.24) is 0 Å². The summed E-state index contributed by atoms with van der Waals surface area (Å²) in [5, 5.41) is 6.26. The van der Waals surface area contributed by atoms with Gasteiger partial charge in [0, 0.05) is 21.3 Å². The molecule has 4 nitrogen and oxygen atoms in total. The fourth-order valence-corrected chi connectivity index (χ4v) is 4.32. The van der Waals surface area contributed by atoms with Gasteiger partial charge in [-0.25, -0.2) is 0 Å². The third kappa shape index (κ3) is 6.03. The molecule has 160 valence electrons. The average Bonchev–Trinajstić information content (AvgIpc) is 2.71. The molecule has 0 saturated heterocycles. The summed E-state index contributed by atoms with van der Waals surface area (Å²) < 4.78 is 0. The highest BCUT2D eigenvalue weighted by Gasteiger charge is 2.17. The molecule has 0 aromatic heterocycles. The molecule has 0 aliphatic rings. The van der Waals surface area contributed by atoms with Crippen molar-refractivity contribution in [2.24, 2.45) is 0 Å². The van der Waals surface area contributed by atoms with Crippen molar-refractivity contribution in [3.05, 3.63) is 87.4 Å². The molecule has 0 aliphatic carbocycles. The Kier molecular flexibility index (Phi) is 7.65. The minimum atomic E-state index is -0.329. The maximum absolute atomic E-state index is 12.7. The maximum Gasteiger partial charge on any atom is 0.257 e. The van der Waals surface area contributed by atoms with Gasteiger partial charge in [-0.1, -0.05) is 41.4 Å². The molecule has 0 heterocycles. The number of thioether (sulfide) groups is 1. The molecule has 0 saturated carbocycles. The number of hydrogen-bond donors (Lipinski definition) is 2. The van der Waals surface area contributed by atoms with E-state index in [1.165, 1.54) is 17.8 Å². The van der Waals surface area contributed by atoms with E-state index in [4.69, 9.17) is 23.2 Å². The highest BCUT2D eigenvalue weighted by Crippen LogP contribution is 2.28. The zero-order valence-electron chi connectivity index (χ0n) is 17.3. The van der Waals surface area contributed by atoms with Gasteiger partial charge in [-0.05, 0) is 74.4 Å². The summed E-state index contributed by atoms with van der Waals surface area (Å²) in [5.74, 6) is -0.411. The van der Waals surface area contributed by atoms with E-state index < -0.39 is 0 Å². The summed E-state index contributed by atoms with van der Waals surface area (Å²) in [6, 6.07) is 17.9. The molecular weight excluding hydrogens is 451 g/mol. The van der Waals surface area contributed by atoms with Crippen LogP contribution in [0.5, 0.6) is 0 Å². The Hall–Kier alpha value is -2.47. The number of benzene rings is 3. The van der Waals surface area contributed by atoms with Crippen molar-refractivity contribution in [1.29, 1.82) is 0 Å². The Morgan fingerprint density at radius 1 is 0.935 bits per heavy atom. The molecule has 1 atom stereocenters. The van der Waals surface area contributed by atoms with Crippen LogP contribution in [0.1, 0.15) is 28.4 Å². The number of anilines is 2. The topological polar surface area (TPSA) is 58.2 Å². The van der Waals surface area contributed by atoms with E-state index >= 15 is 0 Å². The second-order valence-electron chi connectivity index (χ2n) is 7.10. The highest BCUT2D eigenvalue weighted by molar-refractivity contribution is 8.00. The maximum atomic E-state index is 12.7. The van der Waals surface area contributed by atoms with Gasteiger partial charge in [-0.3, -0.25) is 9.59 Å². The Bertz CT molecular complexity index is 1130. The van der Waals surface area contributed by atoms with Gasteiger partial charge >= 0.3 is 0 Å². The Morgan fingerprint density at radius 2 is 1.68 bits per heavy atom. The molecular formula is C24H22Cl2N2O2S. The molecule has 3 aromatic carbocycles. The molecule has 7 heteroatoms. The number of hydrogen-bond acceptors (Lipinski definition) is 3. The second-order valence-corrected chi connectivity index (χ2v) is 9.36. The third-order valence-electron chi connectivity index (χ3n) is 4.81. The lowest BCUT2D eigenvalue weighted by molar-refractivity contribution is -0.115. The van der Waals surface area contributed by atoms with Gasteiger partial charge < -0.3 is 10.6 Å². The van der Waals surface area contributed by atoms with Crippen LogP contribution in [0.15, 0.2) is 65.6 Å². The first kappa shape index (κ1) is 23.2. The second kappa shape index (κ2) is 10.2. The van der Waals surface area contributed by atoms with E-state index in [1.54, 1.807) is 18.2 Å². The molecule has 31 heavy (non-hydrogen) atoms. The number of amides is 2. The largest absolute Gasteiger partial charge is 0.325 e. The summed E-state index contributed by atoms with van der Waals surface area (Å²) in [6.07, 6.45) is 0. The number of halogens is 2. The SMILES string of the molecule is Cc1cccc(NC(=O)C(C)Sc2cccc(NC(=O)c3ccc(Cl)cc3Cl)c2)c1C. The van der Waals surface area contributed by atoms with E-state index in [9.17, 15) is 9.59 Å². The van der Waals surface area contributed by atoms with Crippen LogP contribution in [-0.4, -0.2) is 17.1 Å². The van der Waals surface area contributed by atoms with Gasteiger partial charge in [-0.2, -0.15) is 0 Å². The zero-order valence-corrected chi connectivity index (χ0v) is 19.7. The van der Waals surface area contributed by atoms with E-state index in [1.807, 2.05) is 57.2 Å². The number of rotatable bonds is 6. The van der Waals surface area contributed by atoms with Gasteiger partial charge in [0.25, 0.3) is 5.91 Å². The van der Waals surface area contributed by atoms with Crippen LogP contribution in [-0.2, 0) is 4.79 Å². The van der Waals surface area contributed by atoms with E-state index in [0.29, 0.717) is 16.3 Å². The summed E-state index contributed by atoms with van der Waals surface area (Å²) in [4.78, 5) is 26.1. The quantitative estimate of drug-likeness (QED) is 0.380. The summed E-state index contributed by atoms with van der Waals surface area (Å²) in [7, 11) is 0. The van der Waals surface area contributed by atoms with Crippen LogP contribution in [0.2, 0.25) is 10.0 Å². The Morgan fingerprint density at radius 3 is 2.42 bits per heavy atom. The Labute approximate surface area is 196 Å². The first-order valence-electron chi connectivity index (χ1n) is 9.65. The minimum absolute atomic E-state index is 0.0823. The number of nitrogens with one attached hydrogen (secondary N) is 2. The minimum Gasteiger partial charge on any atom is -0.325 e. The van der Waals surface area contributed by atoms with Gasteiger partial charge in [0.15, 0.2) is 0 Å².